The summed E-state index contributed by atoms with van der Waals surface area (Å²) in [7, 11) is -0.964. The molecule has 26 heavy (non-hydrogen) atoms. The summed E-state index contributed by atoms with van der Waals surface area (Å²) < 4.78 is 0. The first-order chi connectivity index (χ1) is 12.6. The van der Waals surface area contributed by atoms with E-state index in [4.69, 9.17) is 0 Å². The highest BCUT2D eigenvalue weighted by Crippen LogP contribution is 2.67. The molecule has 1 aliphatic rings. The van der Waals surface area contributed by atoms with Gasteiger partial charge in [-0.15, -0.1) is 0 Å². The van der Waals surface area contributed by atoms with Crippen LogP contribution in [0.15, 0.2) is 71.5 Å². The molecular formula is C24H21NS. The summed E-state index contributed by atoms with van der Waals surface area (Å²) in [6.07, 6.45) is 8.60. The van der Waals surface area contributed by atoms with E-state index in [1.54, 1.807) is 0 Å². The minimum absolute atomic E-state index is 0.964. The van der Waals surface area contributed by atoms with E-state index in [9.17, 15) is 0 Å². The molecule has 1 nitrogen and oxygen atoms in total. The summed E-state index contributed by atoms with van der Waals surface area (Å²) in [6.45, 7) is 7.93. The Morgan fingerprint density at radius 1 is 0.846 bits per heavy atom. The predicted molar refractivity (Wildman–Crippen MR) is 117 cm³/mol. The maximum atomic E-state index is 3.98. The van der Waals surface area contributed by atoms with Crippen LogP contribution >= 0.6 is 10.0 Å². The Hall–Kier alpha value is -2.71. The lowest BCUT2D eigenvalue weighted by molar-refractivity contribution is 1.43. The molecule has 1 aliphatic heterocycles. The fourth-order valence-electron chi connectivity index (χ4n) is 4.32. The van der Waals surface area contributed by atoms with Crippen LogP contribution in [0.25, 0.3) is 45.0 Å². The lowest BCUT2D eigenvalue weighted by atomic mass is 9.99. The number of hydrogen-bond donors (Lipinski definition) is 1. The number of rotatable bonds is 2. The van der Waals surface area contributed by atoms with E-state index < -0.39 is 10.0 Å². The Kier molecular flexibility index (Phi) is 3.08. The van der Waals surface area contributed by atoms with Crippen molar-refractivity contribution < 1.29 is 0 Å². The molecule has 2 heteroatoms. The van der Waals surface area contributed by atoms with Crippen molar-refractivity contribution in [3.63, 3.8) is 0 Å². The van der Waals surface area contributed by atoms with Gasteiger partial charge in [-0.1, -0.05) is 49.6 Å². The molecule has 0 spiro atoms. The topological polar surface area (TPSA) is 15.8 Å². The van der Waals surface area contributed by atoms with Crippen LogP contribution in [0.5, 0.6) is 0 Å². The van der Waals surface area contributed by atoms with Gasteiger partial charge in [-0.3, -0.25) is 0 Å². The first kappa shape index (κ1) is 15.5. The van der Waals surface area contributed by atoms with Crippen LogP contribution in [0, 0.1) is 0 Å². The summed E-state index contributed by atoms with van der Waals surface area (Å²) >= 11 is 0. The Morgan fingerprint density at radius 3 is 2.42 bits per heavy atom. The molecule has 1 N–H and O–H groups in total. The standard InChI is InChI=1S/C24H21NS/c1-5-16-18-12-11-15-13-23-20(14-19(15)24(18)25-21(16)6-2)17-9-7-8-10-22(17)26(23,3)4/h5-14,25H,1-2H2,3-4H3. The molecule has 0 radical (unpaired) electrons. The van der Waals surface area contributed by atoms with Crippen molar-refractivity contribution in [3.8, 4) is 11.1 Å². The van der Waals surface area contributed by atoms with E-state index in [1.807, 2.05) is 12.2 Å². The van der Waals surface area contributed by atoms with E-state index in [2.05, 4.69) is 79.2 Å². The van der Waals surface area contributed by atoms with Gasteiger partial charge in [0.2, 0.25) is 0 Å². The largest absolute Gasteiger partial charge is 0.354 e. The van der Waals surface area contributed by atoms with Gasteiger partial charge >= 0.3 is 0 Å². The van der Waals surface area contributed by atoms with Gasteiger partial charge in [0.1, 0.15) is 0 Å². The summed E-state index contributed by atoms with van der Waals surface area (Å²) in [5, 5.41) is 3.77. The number of H-pyrrole nitrogens is 1. The van der Waals surface area contributed by atoms with E-state index in [-0.39, 0.29) is 0 Å². The SMILES string of the molecule is C=Cc1[nH]c2c(ccc3cc4c(cc32)-c2ccccc2S4(C)C)c1C=C. The highest BCUT2D eigenvalue weighted by Gasteiger charge is 2.31. The molecular weight excluding hydrogens is 334 g/mol. The number of aromatic nitrogens is 1. The highest BCUT2D eigenvalue weighted by molar-refractivity contribution is 8.33. The van der Waals surface area contributed by atoms with Crippen LogP contribution in [-0.2, 0) is 0 Å². The Balaban J connectivity index is 1.93. The summed E-state index contributed by atoms with van der Waals surface area (Å²) in [5.74, 6) is 0. The minimum atomic E-state index is -0.964. The molecule has 2 heterocycles. The molecule has 0 aliphatic carbocycles. The third kappa shape index (κ3) is 1.83. The Bertz CT molecular complexity index is 1240. The minimum Gasteiger partial charge on any atom is -0.354 e. The molecule has 1 aromatic heterocycles. The van der Waals surface area contributed by atoms with Gasteiger partial charge in [-0.25, -0.2) is 0 Å². The van der Waals surface area contributed by atoms with Crippen molar-refractivity contribution in [1.82, 2.24) is 4.98 Å². The van der Waals surface area contributed by atoms with Crippen LogP contribution in [0.3, 0.4) is 0 Å². The van der Waals surface area contributed by atoms with Crippen molar-refractivity contribution >= 4 is 43.9 Å². The second kappa shape index (κ2) is 5.15. The molecule has 0 saturated heterocycles. The van der Waals surface area contributed by atoms with Gasteiger partial charge in [0.05, 0.1) is 5.52 Å². The van der Waals surface area contributed by atoms with Gasteiger partial charge in [0.15, 0.2) is 0 Å². The smallest absolute Gasteiger partial charge is 0.0544 e. The number of nitrogens with one attached hydrogen (secondary N) is 1. The number of hydrogen-bond acceptors (Lipinski definition) is 0. The number of benzene rings is 3. The van der Waals surface area contributed by atoms with E-state index in [0.717, 1.165) is 11.3 Å². The highest BCUT2D eigenvalue weighted by atomic mass is 32.3. The normalized spacial score (nSPS) is 15.6. The van der Waals surface area contributed by atoms with Crippen molar-refractivity contribution in [1.29, 1.82) is 0 Å². The number of aromatic amines is 1. The summed E-state index contributed by atoms with van der Waals surface area (Å²) in [6, 6.07) is 18.1. The molecule has 0 atom stereocenters. The van der Waals surface area contributed by atoms with Crippen LogP contribution in [0.2, 0.25) is 0 Å². The van der Waals surface area contributed by atoms with Crippen molar-refractivity contribution in [3.05, 3.63) is 72.9 Å². The first-order valence-corrected chi connectivity index (χ1v) is 11.2. The molecule has 0 saturated carbocycles. The molecule has 4 aromatic rings. The van der Waals surface area contributed by atoms with Crippen molar-refractivity contribution in [2.24, 2.45) is 0 Å². The summed E-state index contributed by atoms with van der Waals surface area (Å²) in [4.78, 5) is 6.54. The van der Waals surface area contributed by atoms with E-state index in [1.165, 1.54) is 42.6 Å². The Morgan fingerprint density at radius 2 is 1.65 bits per heavy atom. The average molecular weight is 356 g/mol. The van der Waals surface area contributed by atoms with Crippen molar-refractivity contribution in [2.75, 3.05) is 12.5 Å². The first-order valence-electron chi connectivity index (χ1n) is 8.76. The van der Waals surface area contributed by atoms with Crippen LogP contribution < -0.4 is 0 Å². The predicted octanol–water partition coefficient (Wildman–Crippen LogP) is 7.07. The zero-order valence-electron chi connectivity index (χ0n) is 15.1. The van der Waals surface area contributed by atoms with Gasteiger partial charge < -0.3 is 4.98 Å². The second-order valence-electron chi connectivity index (χ2n) is 7.24. The maximum Gasteiger partial charge on any atom is 0.0544 e. The van der Waals surface area contributed by atoms with Crippen molar-refractivity contribution in [2.45, 2.75) is 9.79 Å². The Labute approximate surface area is 155 Å². The number of fused-ring (bicyclic) bond motifs is 6. The molecule has 0 fully saturated rings. The van der Waals surface area contributed by atoms with Crippen LogP contribution in [-0.4, -0.2) is 17.5 Å². The zero-order chi connectivity index (χ0) is 18.1. The molecule has 3 aromatic carbocycles. The van der Waals surface area contributed by atoms with Gasteiger partial charge in [0, 0.05) is 31.8 Å². The average Bonchev–Trinajstić information content (AvgIpc) is 3.14. The molecule has 128 valence electrons. The second-order valence-corrected chi connectivity index (χ2v) is 10.8. The van der Waals surface area contributed by atoms with Gasteiger partial charge in [-0.05, 0) is 53.3 Å². The molecule has 5 rings (SSSR count). The molecule has 0 amide bonds. The third-order valence-electron chi connectivity index (χ3n) is 5.65. The quantitative estimate of drug-likeness (QED) is 0.396. The molecule has 0 bridgehead atoms. The lowest BCUT2D eigenvalue weighted by Gasteiger charge is -2.28. The van der Waals surface area contributed by atoms with Gasteiger partial charge in [-0.2, -0.15) is 10.0 Å². The lowest BCUT2D eigenvalue weighted by Crippen LogP contribution is -1.92. The van der Waals surface area contributed by atoms with Gasteiger partial charge in [0.25, 0.3) is 0 Å². The molecule has 0 unspecified atom stereocenters. The fourth-order valence-corrected chi connectivity index (χ4v) is 6.85. The fraction of sp³-hybridized carbons (Fsp3) is 0.0833. The summed E-state index contributed by atoms with van der Waals surface area (Å²) in [5.41, 5.74) is 6.11. The third-order valence-corrected chi connectivity index (χ3v) is 8.54. The van der Waals surface area contributed by atoms with Crippen LogP contribution in [0.1, 0.15) is 11.3 Å². The zero-order valence-corrected chi connectivity index (χ0v) is 15.9. The van der Waals surface area contributed by atoms with E-state index in [0.29, 0.717) is 0 Å². The maximum absolute atomic E-state index is 3.98. The van der Waals surface area contributed by atoms with Crippen LogP contribution in [0.4, 0.5) is 0 Å². The van der Waals surface area contributed by atoms with E-state index >= 15 is 0 Å². The monoisotopic (exact) mass is 355 g/mol.